The molecule has 1 aromatic carbocycles. The van der Waals surface area contributed by atoms with Crippen LogP contribution in [0.4, 0.5) is 5.69 Å². The molecule has 0 aliphatic heterocycles. The van der Waals surface area contributed by atoms with Crippen molar-refractivity contribution in [3.05, 3.63) is 56.4 Å². The average Bonchev–Trinajstić information content (AvgIpc) is 2.98. The number of hydrogen-bond donors (Lipinski definition) is 1. The van der Waals surface area contributed by atoms with Gasteiger partial charge in [0.05, 0.1) is 5.39 Å². The molecule has 0 radical (unpaired) electrons. The molecule has 5 nitrogen and oxygen atoms in total. The van der Waals surface area contributed by atoms with Gasteiger partial charge in [-0.1, -0.05) is 17.7 Å². The number of nitrogens with zero attached hydrogens (tertiary/aromatic N) is 2. The lowest BCUT2D eigenvalue weighted by Gasteiger charge is -2.12. The van der Waals surface area contributed by atoms with E-state index < -0.39 is 0 Å². The van der Waals surface area contributed by atoms with Crippen molar-refractivity contribution in [2.45, 2.75) is 46.1 Å². The van der Waals surface area contributed by atoms with Crippen LogP contribution in [0.5, 0.6) is 0 Å². The highest BCUT2D eigenvalue weighted by atomic mass is 32.1. The number of aryl methyl sites for hydroxylation is 4. The van der Waals surface area contributed by atoms with Crippen molar-refractivity contribution in [1.29, 1.82) is 0 Å². The van der Waals surface area contributed by atoms with E-state index in [0.717, 1.165) is 46.3 Å². The van der Waals surface area contributed by atoms with Crippen molar-refractivity contribution in [2.75, 3.05) is 5.32 Å². The van der Waals surface area contributed by atoms with E-state index in [1.54, 1.807) is 18.3 Å². The van der Waals surface area contributed by atoms with Crippen LogP contribution < -0.4 is 10.9 Å². The molecule has 6 heteroatoms. The van der Waals surface area contributed by atoms with Crippen molar-refractivity contribution in [3.63, 3.8) is 0 Å². The molecule has 2 heterocycles. The number of benzene rings is 1. The Bertz CT molecular complexity index is 1050. The summed E-state index contributed by atoms with van der Waals surface area (Å²) < 4.78 is 1.49. The first-order valence-electron chi connectivity index (χ1n) is 8.91. The highest BCUT2D eigenvalue weighted by molar-refractivity contribution is 7.18. The van der Waals surface area contributed by atoms with Crippen LogP contribution in [0.25, 0.3) is 10.2 Å². The monoisotopic (exact) mass is 367 g/mol. The molecule has 0 fully saturated rings. The molecule has 1 amide bonds. The number of anilines is 1. The number of amides is 1. The van der Waals surface area contributed by atoms with Gasteiger partial charge in [0.25, 0.3) is 5.56 Å². The summed E-state index contributed by atoms with van der Waals surface area (Å²) in [6, 6.07) is 7.61. The van der Waals surface area contributed by atoms with Crippen molar-refractivity contribution < 1.29 is 4.79 Å². The first-order chi connectivity index (χ1) is 12.5. The van der Waals surface area contributed by atoms with E-state index in [4.69, 9.17) is 0 Å². The van der Waals surface area contributed by atoms with E-state index in [1.807, 2.05) is 31.2 Å². The number of nitrogens with one attached hydrogen (secondary N) is 1. The summed E-state index contributed by atoms with van der Waals surface area (Å²) in [5.74, 6) is 0.365. The molecule has 1 aliphatic carbocycles. The van der Waals surface area contributed by atoms with Crippen molar-refractivity contribution in [1.82, 2.24) is 9.55 Å². The van der Waals surface area contributed by atoms with Crippen molar-refractivity contribution in [3.8, 4) is 0 Å². The minimum Gasteiger partial charge on any atom is -0.325 e. The standard InChI is InChI=1S/C20H21N3O2S/c1-12-7-9-14(10-8-12)22-17(24)11-23-13(2)21-19-18(20(23)25)15-5-3-4-6-16(15)26-19/h7-10H,3-6,11H2,1-2H3,(H,22,24). The Kier molecular flexibility index (Phi) is 4.36. The number of fused-ring (bicyclic) bond motifs is 3. The normalized spacial score (nSPS) is 13.6. The molecule has 0 spiro atoms. The Labute approximate surface area is 155 Å². The fourth-order valence-electron chi connectivity index (χ4n) is 3.51. The van der Waals surface area contributed by atoms with Crippen LogP contribution in [0.1, 0.15) is 34.7 Å². The van der Waals surface area contributed by atoms with Gasteiger partial charge >= 0.3 is 0 Å². The number of hydrogen-bond acceptors (Lipinski definition) is 4. The summed E-state index contributed by atoms with van der Waals surface area (Å²) in [7, 11) is 0. The summed E-state index contributed by atoms with van der Waals surface area (Å²) in [5, 5.41) is 3.57. The molecule has 1 aliphatic rings. The van der Waals surface area contributed by atoms with Gasteiger partial charge in [0.1, 0.15) is 17.2 Å². The van der Waals surface area contributed by atoms with Crippen LogP contribution in [0.2, 0.25) is 0 Å². The minimum atomic E-state index is -0.218. The zero-order valence-electron chi connectivity index (χ0n) is 15.0. The Balaban J connectivity index is 1.66. The summed E-state index contributed by atoms with van der Waals surface area (Å²) in [4.78, 5) is 32.2. The molecule has 0 unspecified atom stereocenters. The lowest BCUT2D eigenvalue weighted by Crippen LogP contribution is -2.30. The Morgan fingerprint density at radius 3 is 2.69 bits per heavy atom. The molecule has 0 bridgehead atoms. The lowest BCUT2D eigenvalue weighted by atomic mass is 9.97. The van der Waals surface area contributed by atoms with Gasteiger partial charge in [0.15, 0.2) is 0 Å². The molecule has 2 aromatic heterocycles. The van der Waals surface area contributed by atoms with Gasteiger partial charge in [0.2, 0.25) is 5.91 Å². The maximum absolute atomic E-state index is 13.1. The van der Waals surface area contributed by atoms with E-state index in [2.05, 4.69) is 10.3 Å². The average molecular weight is 367 g/mol. The van der Waals surface area contributed by atoms with Gasteiger partial charge in [0, 0.05) is 10.6 Å². The molecule has 4 rings (SSSR count). The molecule has 0 saturated heterocycles. The fraction of sp³-hybridized carbons (Fsp3) is 0.350. The smallest absolute Gasteiger partial charge is 0.263 e. The largest absolute Gasteiger partial charge is 0.325 e. The van der Waals surface area contributed by atoms with Crippen LogP contribution in [0.3, 0.4) is 0 Å². The van der Waals surface area contributed by atoms with E-state index >= 15 is 0 Å². The van der Waals surface area contributed by atoms with Crippen LogP contribution in [0.15, 0.2) is 29.1 Å². The number of carbonyl (C=O) groups is 1. The van der Waals surface area contributed by atoms with Gasteiger partial charge in [-0.15, -0.1) is 11.3 Å². The third-order valence-corrected chi connectivity index (χ3v) is 6.09. The number of rotatable bonds is 3. The second-order valence-corrected chi connectivity index (χ2v) is 7.94. The first kappa shape index (κ1) is 17.0. The molecule has 3 aromatic rings. The van der Waals surface area contributed by atoms with Gasteiger partial charge in [-0.05, 0) is 57.2 Å². The van der Waals surface area contributed by atoms with Gasteiger partial charge in [-0.2, -0.15) is 0 Å². The molecule has 0 saturated carbocycles. The SMILES string of the molecule is Cc1ccc(NC(=O)Cn2c(C)nc3sc4c(c3c2=O)CCCC4)cc1. The number of thiophene rings is 1. The zero-order valence-corrected chi connectivity index (χ0v) is 15.8. The Morgan fingerprint density at radius 2 is 1.92 bits per heavy atom. The summed E-state index contributed by atoms with van der Waals surface area (Å²) in [6.07, 6.45) is 4.25. The fourth-order valence-corrected chi connectivity index (χ4v) is 4.80. The van der Waals surface area contributed by atoms with Crippen LogP contribution >= 0.6 is 11.3 Å². The van der Waals surface area contributed by atoms with E-state index in [0.29, 0.717) is 5.82 Å². The highest BCUT2D eigenvalue weighted by Crippen LogP contribution is 2.33. The molecule has 26 heavy (non-hydrogen) atoms. The molecule has 0 atom stereocenters. The second kappa shape index (κ2) is 6.68. The Morgan fingerprint density at radius 1 is 1.19 bits per heavy atom. The third kappa shape index (κ3) is 3.05. The number of aromatic nitrogens is 2. The topological polar surface area (TPSA) is 64.0 Å². The molecular weight excluding hydrogens is 346 g/mol. The van der Waals surface area contributed by atoms with Crippen LogP contribution in [0, 0.1) is 13.8 Å². The van der Waals surface area contributed by atoms with Gasteiger partial charge in [-0.25, -0.2) is 4.98 Å². The van der Waals surface area contributed by atoms with Crippen LogP contribution in [-0.2, 0) is 24.2 Å². The van der Waals surface area contributed by atoms with Gasteiger partial charge in [-0.3, -0.25) is 14.2 Å². The Hall–Kier alpha value is -2.47. The maximum Gasteiger partial charge on any atom is 0.263 e. The lowest BCUT2D eigenvalue weighted by molar-refractivity contribution is -0.116. The first-order valence-corrected chi connectivity index (χ1v) is 9.73. The van der Waals surface area contributed by atoms with E-state index in [-0.39, 0.29) is 18.0 Å². The summed E-state index contributed by atoms with van der Waals surface area (Å²) in [6.45, 7) is 3.77. The maximum atomic E-state index is 13.1. The van der Waals surface area contributed by atoms with Crippen molar-refractivity contribution >= 4 is 33.1 Å². The quantitative estimate of drug-likeness (QED) is 0.769. The van der Waals surface area contributed by atoms with Crippen molar-refractivity contribution in [2.24, 2.45) is 0 Å². The van der Waals surface area contributed by atoms with E-state index in [1.165, 1.54) is 15.9 Å². The summed E-state index contributed by atoms with van der Waals surface area (Å²) >= 11 is 1.63. The minimum absolute atomic E-state index is 0.0217. The molecule has 1 N–H and O–H groups in total. The summed E-state index contributed by atoms with van der Waals surface area (Å²) in [5.41, 5.74) is 2.92. The molecule has 134 valence electrons. The third-order valence-electron chi connectivity index (χ3n) is 4.90. The highest BCUT2D eigenvalue weighted by Gasteiger charge is 2.21. The zero-order chi connectivity index (χ0) is 18.3. The number of carbonyl (C=O) groups excluding carboxylic acids is 1. The van der Waals surface area contributed by atoms with Crippen LogP contribution in [-0.4, -0.2) is 15.5 Å². The van der Waals surface area contributed by atoms with E-state index in [9.17, 15) is 9.59 Å². The molecular formula is C20H21N3O2S. The predicted octanol–water partition coefficient (Wildman–Crippen LogP) is 3.59. The predicted molar refractivity (Wildman–Crippen MR) is 105 cm³/mol. The second-order valence-electron chi connectivity index (χ2n) is 6.86. The van der Waals surface area contributed by atoms with Gasteiger partial charge < -0.3 is 5.32 Å².